The van der Waals surface area contributed by atoms with E-state index in [1.54, 1.807) is 39.2 Å². The van der Waals surface area contributed by atoms with Gasteiger partial charge < -0.3 is 31.9 Å². The highest BCUT2D eigenvalue weighted by Gasteiger charge is 2.69. The Morgan fingerprint density at radius 1 is 1.14 bits per heavy atom. The first-order chi connectivity index (χ1) is 17.3. The summed E-state index contributed by atoms with van der Waals surface area (Å²) in [6.45, 7) is -0.403. The van der Waals surface area contributed by atoms with Gasteiger partial charge in [0.25, 0.3) is 0 Å². The molecule has 4 rings (SSSR count). The normalized spacial score (nSPS) is 31.1. The third-order valence-corrected chi connectivity index (χ3v) is 8.07. The van der Waals surface area contributed by atoms with Crippen LogP contribution in [-0.4, -0.2) is 90.7 Å². The van der Waals surface area contributed by atoms with Gasteiger partial charge in [0, 0.05) is 37.8 Å². The van der Waals surface area contributed by atoms with Gasteiger partial charge in [0.1, 0.15) is 5.75 Å². The molecule has 3 aliphatic carbocycles. The molecule has 4 unspecified atom stereocenters. The Morgan fingerprint density at radius 2 is 1.78 bits per heavy atom. The number of hydrogen-bond acceptors (Lipinski definition) is 11. The van der Waals surface area contributed by atoms with Crippen molar-refractivity contribution < 1.29 is 34.2 Å². The van der Waals surface area contributed by atoms with Crippen LogP contribution in [0.4, 0.5) is 5.69 Å². The first-order valence-corrected chi connectivity index (χ1v) is 12.1. The number of phenols is 1. The Balaban J connectivity index is 1.89. The zero-order valence-electron chi connectivity index (χ0n) is 21.3. The number of Topliss-reactive ketones (excluding diaryl/α,β-unsaturated/α-hetero) is 4. The predicted molar refractivity (Wildman–Crippen MR) is 132 cm³/mol. The second-order valence-corrected chi connectivity index (χ2v) is 10.5. The van der Waals surface area contributed by atoms with Gasteiger partial charge in [-0.3, -0.25) is 28.9 Å². The number of hydrogen-bond donors (Lipinski definition) is 5. The number of benzene rings is 1. The zero-order valence-corrected chi connectivity index (χ0v) is 21.3. The van der Waals surface area contributed by atoms with E-state index in [9.17, 15) is 34.2 Å². The molecule has 12 nitrogen and oxygen atoms in total. The fourth-order valence-corrected chi connectivity index (χ4v) is 6.44. The van der Waals surface area contributed by atoms with Crippen LogP contribution < -0.4 is 21.7 Å². The second-order valence-electron chi connectivity index (χ2n) is 10.5. The molecule has 200 valence electrons. The van der Waals surface area contributed by atoms with Gasteiger partial charge in [0.2, 0.25) is 5.91 Å². The van der Waals surface area contributed by atoms with Crippen molar-refractivity contribution in [3.63, 3.8) is 0 Å². The summed E-state index contributed by atoms with van der Waals surface area (Å²) in [5.74, 6) is -10.2. The van der Waals surface area contributed by atoms with Crippen LogP contribution in [0.3, 0.4) is 0 Å². The number of ketones is 4. The number of carbonyl (C=O) groups is 5. The average Bonchev–Trinajstić information content (AvgIpc) is 2.81. The van der Waals surface area contributed by atoms with Crippen LogP contribution in [0, 0.1) is 23.7 Å². The van der Waals surface area contributed by atoms with Gasteiger partial charge in [-0.25, -0.2) is 0 Å². The summed E-state index contributed by atoms with van der Waals surface area (Å²) in [7, 11) is 6.68. The highest BCUT2D eigenvalue weighted by molar-refractivity contribution is 6.32. The minimum Gasteiger partial charge on any atom is -0.507 e. The van der Waals surface area contributed by atoms with Crippen molar-refractivity contribution in [2.75, 3.05) is 39.8 Å². The molecule has 12 heteroatoms. The van der Waals surface area contributed by atoms with E-state index in [2.05, 4.69) is 5.32 Å². The molecule has 0 spiro atoms. The molecule has 0 bridgehead atoms. The monoisotopic (exact) mass is 515 g/mol. The van der Waals surface area contributed by atoms with Gasteiger partial charge in [0.05, 0.1) is 24.2 Å². The number of nitrogens with zero attached hydrogens (tertiary/aromatic N) is 2. The van der Waals surface area contributed by atoms with Crippen molar-refractivity contribution in [2.24, 2.45) is 35.1 Å². The topological polar surface area (TPSA) is 196 Å². The molecule has 2 saturated carbocycles. The number of carbonyl (C=O) groups excluding carboxylic acids is 5. The first kappa shape index (κ1) is 26.9. The van der Waals surface area contributed by atoms with Gasteiger partial charge in [-0.2, -0.15) is 0 Å². The van der Waals surface area contributed by atoms with Gasteiger partial charge >= 0.3 is 0 Å². The number of phenolic OH excluding ortho intramolecular Hbond substituents is 1. The van der Waals surface area contributed by atoms with E-state index in [0.29, 0.717) is 16.8 Å². The smallest absolute Gasteiger partial charge is 0.239 e. The highest BCUT2D eigenvalue weighted by Crippen LogP contribution is 2.52. The average molecular weight is 516 g/mol. The molecule has 7 N–H and O–H groups in total. The summed E-state index contributed by atoms with van der Waals surface area (Å²) in [6, 6.07) is 0.568. The third-order valence-electron chi connectivity index (χ3n) is 8.07. The van der Waals surface area contributed by atoms with Crippen LogP contribution in [0.1, 0.15) is 27.9 Å². The predicted octanol–water partition coefficient (Wildman–Crippen LogP) is -2.06. The minimum atomic E-state index is -2.74. The number of likely N-dealkylation sites (N-methyl/N-ethyl adjacent to an activating group) is 1. The number of nitrogens with two attached hydrogens (primary N) is 2. The Bertz CT molecular complexity index is 1210. The molecular formula is C25H33N5O7. The van der Waals surface area contributed by atoms with Crippen LogP contribution in [0.25, 0.3) is 0 Å². The maximum atomic E-state index is 13.9. The molecule has 1 aromatic rings. The number of fused-ring (bicyclic) bond motifs is 3. The van der Waals surface area contributed by atoms with Crippen LogP contribution in [0.2, 0.25) is 0 Å². The Labute approximate surface area is 213 Å². The van der Waals surface area contributed by atoms with Gasteiger partial charge in [-0.1, -0.05) is 0 Å². The van der Waals surface area contributed by atoms with E-state index in [-0.39, 0.29) is 37.4 Å². The summed E-state index contributed by atoms with van der Waals surface area (Å²) < 4.78 is 0. The van der Waals surface area contributed by atoms with E-state index in [4.69, 9.17) is 11.5 Å². The molecule has 1 amide bonds. The van der Waals surface area contributed by atoms with Gasteiger partial charge in [-0.05, 0) is 44.5 Å². The number of anilines is 1. The number of rotatable bonds is 5. The van der Waals surface area contributed by atoms with Gasteiger partial charge in [0.15, 0.2) is 34.7 Å². The number of aliphatic hydroxyl groups is 1. The highest BCUT2D eigenvalue weighted by atomic mass is 16.3. The number of amides is 1. The summed E-state index contributed by atoms with van der Waals surface area (Å²) in [5.41, 5.74) is 9.88. The van der Waals surface area contributed by atoms with Crippen LogP contribution >= 0.6 is 0 Å². The molecule has 0 saturated heterocycles. The number of aromatic hydroxyl groups is 1. The molecule has 0 aromatic heterocycles. The van der Waals surface area contributed by atoms with Crippen LogP contribution in [-0.2, 0) is 32.1 Å². The molecule has 1 aromatic carbocycles. The summed E-state index contributed by atoms with van der Waals surface area (Å²) in [4.78, 5) is 70.6. The van der Waals surface area contributed by atoms with E-state index >= 15 is 0 Å². The molecule has 37 heavy (non-hydrogen) atoms. The molecule has 0 radical (unpaired) electrons. The Hall–Kier alpha value is -3.19. The Morgan fingerprint density at radius 3 is 2.32 bits per heavy atom. The quantitative estimate of drug-likeness (QED) is 0.214. The fourth-order valence-electron chi connectivity index (χ4n) is 6.44. The van der Waals surface area contributed by atoms with Crippen molar-refractivity contribution in [3.8, 4) is 5.75 Å². The molecule has 6 atom stereocenters. The maximum absolute atomic E-state index is 13.9. The van der Waals surface area contributed by atoms with E-state index < -0.39 is 64.4 Å². The lowest BCUT2D eigenvalue weighted by molar-refractivity contribution is -0.181. The van der Waals surface area contributed by atoms with Crippen LogP contribution in [0.5, 0.6) is 5.75 Å². The third kappa shape index (κ3) is 3.69. The van der Waals surface area contributed by atoms with Crippen molar-refractivity contribution in [1.82, 2.24) is 10.2 Å². The lowest BCUT2D eigenvalue weighted by atomic mass is 9.52. The van der Waals surface area contributed by atoms with Crippen molar-refractivity contribution >= 4 is 34.7 Å². The largest absolute Gasteiger partial charge is 0.507 e. The Kier molecular flexibility index (Phi) is 6.74. The first-order valence-electron chi connectivity index (χ1n) is 12.1. The minimum absolute atomic E-state index is 0.00983. The molecule has 0 aliphatic heterocycles. The molecule has 3 aliphatic rings. The summed E-state index contributed by atoms with van der Waals surface area (Å²) in [5, 5.41) is 24.8. The standard InChI is InChI=1S/C25H33N5O7/c1-29(2)14-7-11(8-26)19(31)16-12(14)5-10-6-13-18(30(3)4)21(33)17(24(36)28-9-27)23(35)25(13,37)22(34)15(10)20(16)32/h7,10,13,15,17-18,31,37H,5-6,8-9,26-27H2,1-4H3,(H,28,36)/t10?,13?,15?,17?,18-,25-/m0/s1. The van der Waals surface area contributed by atoms with Crippen molar-refractivity contribution in [2.45, 2.75) is 31.0 Å². The SMILES string of the molecule is CN(C)c1cc(CN)c(O)c2c1CC1CC3[C@H](N(C)C)C(=O)C(C(=O)NCN)C(=O)[C@@]3(O)C(=O)C1C2=O. The van der Waals surface area contributed by atoms with Crippen molar-refractivity contribution in [1.29, 1.82) is 0 Å². The molecule has 0 heterocycles. The fraction of sp³-hybridized carbons (Fsp3) is 0.560. The van der Waals surface area contributed by atoms with E-state index in [1.165, 1.54) is 4.90 Å². The van der Waals surface area contributed by atoms with E-state index in [0.717, 1.165) is 0 Å². The zero-order chi connectivity index (χ0) is 27.6. The van der Waals surface area contributed by atoms with Gasteiger partial charge in [-0.15, -0.1) is 0 Å². The lowest BCUT2D eigenvalue weighted by Gasteiger charge is -2.52. The summed E-state index contributed by atoms with van der Waals surface area (Å²) >= 11 is 0. The molecule has 2 fully saturated rings. The molecular weight excluding hydrogens is 482 g/mol. The van der Waals surface area contributed by atoms with Crippen molar-refractivity contribution in [3.05, 3.63) is 22.8 Å². The van der Waals surface area contributed by atoms with E-state index in [1.807, 2.05) is 0 Å². The van der Waals surface area contributed by atoms with Crippen LogP contribution in [0.15, 0.2) is 6.07 Å². The maximum Gasteiger partial charge on any atom is 0.239 e. The number of nitrogens with one attached hydrogen (secondary N) is 1. The summed E-state index contributed by atoms with van der Waals surface area (Å²) in [6.07, 6.45) is 0.214. The second kappa shape index (κ2) is 9.28. The lowest BCUT2D eigenvalue weighted by Crippen LogP contribution is -2.74.